The van der Waals surface area contributed by atoms with Crippen molar-refractivity contribution in [3.8, 4) is 0 Å². The summed E-state index contributed by atoms with van der Waals surface area (Å²) in [7, 11) is 0. The maximum atomic E-state index is 11.1. The van der Waals surface area contributed by atoms with Crippen LogP contribution in [0.3, 0.4) is 0 Å². The zero-order valence-electron chi connectivity index (χ0n) is 13.7. The Bertz CT molecular complexity index is 986. The van der Waals surface area contributed by atoms with E-state index in [1.165, 1.54) is 24.3 Å². The highest BCUT2D eigenvalue weighted by molar-refractivity contribution is 7.79. The first kappa shape index (κ1) is 18.1. The molecule has 0 amide bonds. The molecule has 1 aliphatic carbocycles. The number of fused-ring (bicyclic) bond motifs is 1. The molecule has 0 saturated carbocycles. The number of aliphatic hydroxyl groups is 1. The van der Waals surface area contributed by atoms with Crippen molar-refractivity contribution in [1.82, 2.24) is 0 Å². The molecular weight excluding hydrogens is 358 g/mol. The van der Waals surface area contributed by atoms with E-state index >= 15 is 0 Å². The summed E-state index contributed by atoms with van der Waals surface area (Å²) in [6.45, 7) is 1.57. The van der Waals surface area contributed by atoms with Crippen molar-refractivity contribution in [1.29, 1.82) is 0 Å². The Morgan fingerprint density at radius 3 is 2.65 bits per heavy atom. The van der Waals surface area contributed by atoms with Crippen molar-refractivity contribution in [2.24, 2.45) is 5.92 Å². The number of nitrogens with two attached hydrogens (primary N) is 1. The lowest BCUT2D eigenvalue weighted by Crippen LogP contribution is -2.30. The fourth-order valence-corrected chi connectivity index (χ4v) is 3.31. The van der Waals surface area contributed by atoms with E-state index in [0.717, 1.165) is 0 Å². The van der Waals surface area contributed by atoms with Crippen LogP contribution in [0.5, 0.6) is 0 Å². The second-order valence-electron chi connectivity index (χ2n) is 5.98. The van der Waals surface area contributed by atoms with Crippen LogP contribution in [-0.4, -0.2) is 24.9 Å². The first-order valence-electron chi connectivity index (χ1n) is 7.72. The van der Waals surface area contributed by atoms with Gasteiger partial charge in [0.2, 0.25) is 0 Å². The molecule has 3 rings (SSSR count). The molecule has 0 aromatic heterocycles. The van der Waals surface area contributed by atoms with E-state index in [2.05, 4.69) is 5.32 Å². The van der Waals surface area contributed by atoms with Crippen molar-refractivity contribution in [2.45, 2.75) is 17.9 Å². The van der Waals surface area contributed by atoms with E-state index in [0.29, 0.717) is 27.8 Å². The summed E-state index contributed by atoms with van der Waals surface area (Å²) < 4.78 is 22.3. The number of benzene rings is 2. The molecule has 136 valence electrons. The van der Waals surface area contributed by atoms with E-state index in [1.54, 1.807) is 25.1 Å². The Hall–Kier alpha value is -2.75. The quantitative estimate of drug-likeness (QED) is 0.322. The Labute approximate surface area is 151 Å². The normalized spacial score (nSPS) is 21.0. The lowest BCUT2D eigenvalue weighted by molar-refractivity contribution is -0.435. The number of hydrogen-bond donors (Lipinski definition) is 3. The first-order valence-corrected chi connectivity index (χ1v) is 8.80. The summed E-state index contributed by atoms with van der Waals surface area (Å²) in [5.41, 5.74) is 7.24. The number of nitrogens with one attached hydrogen (secondary N) is 1. The van der Waals surface area contributed by atoms with Crippen molar-refractivity contribution in [3.05, 3.63) is 64.0 Å². The smallest absolute Gasteiger partial charge is 0.252 e. The van der Waals surface area contributed by atoms with Gasteiger partial charge in [0.25, 0.3) is 5.70 Å². The van der Waals surface area contributed by atoms with Gasteiger partial charge in [0.15, 0.2) is 0 Å². The van der Waals surface area contributed by atoms with E-state index in [1.807, 2.05) is 0 Å². The Morgan fingerprint density at radius 1 is 1.27 bits per heavy atom. The molecule has 8 nitrogen and oxygen atoms in total. The molecule has 4 N–H and O–H groups in total. The van der Waals surface area contributed by atoms with Gasteiger partial charge in [-0.3, -0.25) is 14.3 Å². The predicted molar refractivity (Wildman–Crippen MR) is 97.5 cm³/mol. The second kappa shape index (κ2) is 6.87. The van der Waals surface area contributed by atoms with Gasteiger partial charge in [-0.25, -0.2) is 0 Å². The van der Waals surface area contributed by atoms with Crippen LogP contribution >= 0.6 is 0 Å². The van der Waals surface area contributed by atoms with Gasteiger partial charge in [-0.1, -0.05) is 12.1 Å². The molecule has 0 saturated heterocycles. The van der Waals surface area contributed by atoms with E-state index in [9.17, 15) is 24.0 Å². The minimum absolute atomic E-state index is 0.0727. The van der Waals surface area contributed by atoms with Crippen molar-refractivity contribution in [3.63, 3.8) is 0 Å². The average molecular weight is 374 g/mol. The average Bonchev–Trinajstić information content (AvgIpc) is 2.60. The minimum Gasteiger partial charge on any atom is -0.768 e. The van der Waals surface area contributed by atoms with Gasteiger partial charge < -0.3 is 20.7 Å². The lowest BCUT2D eigenvalue weighted by Gasteiger charge is -2.25. The monoisotopic (exact) mass is 374 g/mol. The summed E-state index contributed by atoms with van der Waals surface area (Å²) in [5.74, 6) is -0.691. The third-order valence-electron chi connectivity index (χ3n) is 4.39. The lowest BCUT2D eigenvalue weighted by atomic mass is 9.93. The molecule has 3 atom stereocenters. The van der Waals surface area contributed by atoms with Gasteiger partial charge in [-0.15, -0.1) is 0 Å². The zero-order chi connectivity index (χ0) is 19.0. The van der Waals surface area contributed by atoms with Crippen LogP contribution in [0.25, 0.3) is 10.8 Å². The third-order valence-corrected chi connectivity index (χ3v) is 5.03. The zero-order valence-corrected chi connectivity index (χ0v) is 14.5. The van der Waals surface area contributed by atoms with E-state index in [-0.39, 0.29) is 10.6 Å². The summed E-state index contributed by atoms with van der Waals surface area (Å²) in [6.07, 6.45) is 1.70. The Morgan fingerprint density at radius 2 is 2.00 bits per heavy atom. The molecule has 0 heterocycles. The summed E-state index contributed by atoms with van der Waals surface area (Å²) in [5, 5.41) is 25.8. The molecule has 1 aliphatic rings. The number of hydrogen-bond acceptors (Lipinski definition) is 7. The van der Waals surface area contributed by atoms with Gasteiger partial charge in [-0.05, 0) is 47.7 Å². The standard InChI is InChI=1S/C17H17N3O5S/c1-9-15(20(22)23)7-6-14(17(9)21)19-16-12-4-3-11(26(24)25)8-10(12)2-5-13(16)18/h2-9,17,19,21H,18H2,1H3,(H,24,25)/p-1. The molecule has 0 radical (unpaired) electrons. The summed E-state index contributed by atoms with van der Waals surface area (Å²) in [6, 6.07) is 7.92. The topological polar surface area (TPSA) is 142 Å². The minimum atomic E-state index is -2.35. The van der Waals surface area contributed by atoms with Gasteiger partial charge in [-0.2, -0.15) is 0 Å². The highest BCUT2D eigenvalue weighted by Gasteiger charge is 2.32. The van der Waals surface area contributed by atoms with Crippen LogP contribution in [-0.2, 0) is 11.1 Å². The molecule has 0 fully saturated rings. The van der Waals surface area contributed by atoms with Crippen molar-refractivity contribution in [2.75, 3.05) is 11.1 Å². The second-order valence-corrected chi connectivity index (χ2v) is 6.92. The SMILES string of the molecule is CC1C([N+](=O)[O-])=CC=C(Nc2c(N)ccc3cc(S(=O)[O-])ccc23)C1O. The van der Waals surface area contributed by atoms with Crippen LogP contribution in [0.15, 0.2) is 58.8 Å². The number of nitrogen functional groups attached to an aromatic ring is 1. The van der Waals surface area contributed by atoms with E-state index < -0.39 is 28.0 Å². The maximum absolute atomic E-state index is 11.1. The van der Waals surface area contributed by atoms with Crippen LogP contribution in [0.4, 0.5) is 11.4 Å². The Balaban J connectivity index is 2.05. The third kappa shape index (κ3) is 3.19. The van der Waals surface area contributed by atoms with Crippen molar-refractivity contribution >= 4 is 33.2 Å². The van der Waals surface area contributed by atoms with Gasteiger partial charge in [0.1, 0.15) is 6.10 Å². The number of anilines is 2. The number of rotatable bonds is 4. The highest BCUT2D eigenvalue weighted by atomic mass is 32.2. The Kier molecular flexibility index (Phi) is 4.77. The highest BCUT2D eigenvalue weighted by Crippen LogP contribution is 2.34. The fraction of sp³-hybridized carbons (Fsp3) is 0.176. The first-order chi connectivity index (χ1) is 12.3. The molecule has 2 aromatic carbocycles. The summed E-state index contributed by atoms with van der Waals surface area (Å²) >= 11 is -2.35. The largest absolute Gasteiger partial charge is 0.768 e. The molecular formula is C17H16N3O5S-. The molecule has 0 bridgehead atoms. The molecule has 26 heavy (non-hydrogen) atoms. The van der Waals surface area contributed by atoms with Gasteiger partial charge in [0, 0.05) is 22.1 Å². The van der Waals surface area contributed by atoms with Crippen LogP contribution in [0.2, 0.25) is 0 Å². The fourth-order valence-electron chi connectivity index (χ4n) is 2.91. The summed E-state index contributed by atoms with van der Waals surface area (Å²) in [4.78, 5) is 10.6. The molecule has 3 unspecified atom stereocenters. The van der Waals surface area contributed by atoms with Gasteiger partial charge >= 0.3 is 0 Å². The van der Waals surface area contributed by atoms with Crippen LogP contribution in [0, 0.1) is 16.0 Å². The molecule has 0 spiro atoms. The van der Waals surface area contributed by atoms with E-state index in [4.69, 9.17) is 5.73 Å². The van der Waals surface area contributed by atoms with Crippen LogP contribution in [0.1, 0.15) is 6.92 Å². The number of aliphatic hydroxyl groups excluding tert-OH is 1. The van der Waals surface area contributed by atoms with Crippen molar-refractivity contribution < 1.29 is 18.8 Å². The predicted octanol–water partition coefficient (Wildman–Crippen LogP) is 2.13. The molecule has 0 aliphatic heterocycles. The number of nitro groups is 1. The number of allylic oxidation sites excluding steroid dienone is 2. The molecule has 9 heteroatoms. The van der Waals surface area contributed by atoms with Gasteiger partial charge in [0.05, 0.1) is 22.2 Å². The molecule has 2 aromatic rings. The maximum Gasteiger partial charge on any atom is 0.252 e. The van der Waals surface area contributed by atoms with Crippen LogP contribution < -0.4 is 11.1 Å². The number of nitrogens with zero attached hydrogens (tertiary/aromatic N) is 1.